The molecule has 1 unspecified atom stereocenters. The Kier molecular flexibility index (Phi) is 1.75. The molecule has 1 atom stereocenters. The van der Waals surface area contributed by atoms with Crippen LogP contribution in [0.4, 0.5) is 0 Å². The van der Waals surface area contributed by atoms with Crippen LogP contribution in [0, 0.1) is 0 Å². The van der Waals surface area contributed by atoms with Gasteiger partial charge < -0.3 is 25.2 Å². The van der Waals surface area contributed by atoms with Gasteiger partial charge in [0.2, 0.25) is 5.75 Å². The molecule has 0 fully saturated rings. The molecule has 0 spiro atoms. The zero-order chi connectivity index (χ0) is 10.3. The van der Waals surface area contributed by atoms with Crippen LogP contribution in [-0.2, 0) is 0 Å². The summed E-state index contributed by atoms with van der Waals surface area (Å²) in [5, 5.41) is 36.7. The SMILES string of the molecule is OC1=Cc2ccc(O)c(O)c2OC1O. The molecule has 0 saturated carbocycles. The van der Waals surface area contributed by atoms with E-state index >= 15 is 0 Å². The molecule has 5 nitrogen and oxygen atoms in total. The molecule has 1 aliphatic heterocycles. The molecule has 1 aromatic carbocycles. The van der Waals surface area contributed by atoms with Gasteiger partial charge in [-0.1, -0.05) is 0 Å². The van der Waals surface area contributed by atoms with Crippen LogP contribution in [0.2, 0.25) is 0 Å². The van der Waals surface area contributed by atoms with Crippen LogP contribution in [0.25, 0.3) is 6.08 Å². The average Bonchev–Trinajstić information content (AvgIpc) is 2.15. The first-order chi connectivity index (χ1) is 6.59. The molecule has 5 heteroatoms. The first-order valence-electron chi connectivity index (χ1n) is 3.90. The third-order valence-corrected chi connectivity index (χ3v) is 1.93. The fraction of sp³-hybridized carbons (Fsp3) is 0.111. The summed E-state index contributed by atoms with van der Waals surface area (Å²) in [4.78, 5) is 0. The molecule has 0 saturated heterocycles. The Morgan fingerprint density at radius 1 is 1.14 bits per heavy atom. The van der Waals surface area contributed by atoms with Crippen molar-refractivity contribution in [3.63, 3.8) is 0 Å². The first kappa shape index (κ1) is 8.71. The second-order valence-electron chi connectivity index (χ2n) is 2.89. The van der Waals surface area contributed by atoms with Gasteiger partial charge in [-0.2, -0.15) is 0 Å². The van der Waals surface area contributed by atoms with E-state index in [0.29, 0.717) is 5.56 Å². The van der Waals surface area contributed by atoms with Gasteiger partial charge in [0.1, 0.15) is 0 Å². The second-order valence-corrected chi connectivity index (χ2v) is 2.89. The van der Waals surface area contributed by atoms with Gasteiger partial charge in [0.25, 0.3) is 6.29 Å². The van der Waals surface area contributed by atoms with E-state index in [-0.39, 0.29) is 17.3 Å². The summed E-state index contributed by atoms with van der Waals surface area (Å²) in [5.74, 6) is -1.19. The number of hydrogen-bond acceptors (Lipinski definition) is 5. The van der Waals surface area contributed by atoms with E-state index in [1.165, 1.54) is 18.2 Å². The average molecular weight is 196 g/mol. The Labute approximate surface area is 79.1 Å². The van der Waals surface area contributed by atoms with Crippen molar-refractivity contribution >= 4 is 6.08 Å². The summed E-state index contributed by atoms with van der Waals surface area (Å²) in [7, 11) is 0. The topological polar surface area (TPSA) is 90.2 Å². The van der Waals surface area contributed by atoms with Crippen LogP contribution < -0.4 is 4.74 Å². The van der Waals surface area contributed by atoms with Gasteiger partial charge in [-0.3, -0.25) is 0 Å². The Morgan fingerprint density at radius 3 is 2.57 bits per heavy atom. The quantitative estimate of drug-likeness (QED) is 0.459. The van der Waals surface area contributed by atoms with E-state index in [9.17, 15) is 5.11 Å². The molecule has 0 radical (unpaired) electrons. The number of fused-ring (bicyclic) bond motifs is 1. The Bertz CT molecular complexity index is 410. The third-order valence-electron chi connectivity index (χ3n) is 1.93. The number of ether oxygens (including phenoxy) is 1. The summed E-state index contributed by atoms with van der Waals surface area (Å²) in [5.41, 5.74) is 0.392. The molecule has 74 valence electrons. The summed E-state index contributed by atoms with van der Waals surface area (Å²) >= 11 is 0. The van der Waals surface area contributed by atoms with Crippen LogP contribution in [0.5, 0.6) is 17.2 Å². The predicted octanol–water partition coefficient (Wildman–Crippen LogP) is 0.707. The van der Waals surface area contributed by atoms with Gasteiger partial charge in [0.15, 0.2) is 17.3 Å². The molecular weight excluding hydrogens is 188 g/mol. The van der Waals surface area contributed by atoms with Crippen LogP contribution in [0.3, 0.4) is 0 Å². The van der Waals surface area contributed by atoms with Crippen molar-refractivity contribution < 1.29 is 25.2 Å². The standard InChI is InChI=1S/C9H8O5/c10-5-2-1-4-3-6(11)9(13)14-8(4)7(5)12/h1-3,9-13H. The molecule has 0 amide bonds. The van der Waals surface area contributed by atoms with Crippen molar-refractivity contribution in [1.82, 2.24) is 0 Å². The summed E-state index contributed by atoms with van der Waals surface area (Å²) in [6.45, 7) is 0. The van der Waals surface area contributed by atoms with Crippen LogP contribution >= 0.6 is 0 Å². The van der Waals surface area contributed by atoms with Gasteiger partial charge in [-0.15, -0.1) is 0 Å². The van der Waals surface area contributed by atoms with Gasteiger partial charge in [0, 0.05) is 5.56 Å². The molecule has 1 heterocycles. The number of phenols is 2. The Hall–Kier alpha value is -1.88. The molecule has 0 aromatic heterocycles. The van der Waals surface area contributed by atoms with Gasteiger partial charge in [-0.25, -0.2) is 0 Å². The number of aliphatic hydroxyl groups is 2. The highest BCUT2D eigenvalue weighted by Crippen LogP contribution is 2.41. The molecule has 0 aliphatic carbocycles. The zero-order valence-corrected chi connectivity index (χ0v) is 7.01. The molecule has 1 aliphatic rings. The number of aromatic hydroxyl groups is 2. The van der Waals surface area contributed by atoms with Crippen molar-refractivity contribution in [2.45, 2.75) is 6.29 Å². The normalized spacial score (nSPS) is 19.5. The molecule has 2 rings (SSSR count). The van der Waals surface area contributed by atoms with E-state index in [2.05, 4.69) is 0 Å². The number of benzene rings is 1. The lowest BCUT2D eigenvalue weighted by molar-refractivity contribution is -0.0193. The summed E-state index contributed by atoms with van der Waals surface area (Å²) in [6, 6.07) is 2.71. The monoisotopic (exact) mass is 196 g/mol. The van der Waals surface area contributed by atoms with Gasteiger partial charge in [0.05, 0.1) is 0 Å². The highest BCUT2D eigenvalue weighted by molar-refractivity contribution is 5.68. The van der Waals surface area contributed by atoms with Crippen molar-refractivity contribution in [2.24, 2.45) is 0 Å². The minimum atomic E-state index is -1.50. The molecule has 1 aromatic rings. The largest absolute Gasteiger partial charge is 0.506 e. The van der Waals surface area contributed by atoms with E-state index in [1.807, 2.05) is 0 Å². The summed E-state index contributed by atoms with van der Waals surface area (Å²) in [6.07, 6.45) is -0.252. The predicted molar refractivity (Wildman–Crippen MR) is 47.0 cm³/mol. The van der Waals surface area contributed by atoms with Crippen molar-refractivity contribution in [3.05, 3.63) is 23.5 Å². The lowest BCUT2D eigenvalue weighted by Crippen LogP contribution is -2.21. The van der Waals surface area contributed by atoms with Crippen LogP contribution in [0.1, 0.15) is 5.56 Å². The van der Waals surface area contributed by atoms with E-state index in [0.717, 1.165) is 0 Å². The van der Waals surface area contributed by atoms with Crippen molar-refractivity contribution in [2.75, 3.05) is 0 Å². The maximum atomic E-state index is 9.35. The minimum Gasteiger partial charge on any atom is -0.506 e. The van der Waals surface area contributed by atoms with E-state index < -0.39 is 12.0 Å². The van der Waals surface area contributed by atoms with Gasteiger partial charge >= 0.3 is 0 Å². The second kappa shape index (κ2) is 2.81. The molecule has 4 N–H and O–H groups in total. The minimum absolute atomic E-state index is 0.0460. The maximum Gasteiger partial charge on any atom is 0.256 e. The third kappa shape index (κ3) is 1.14. The fourth-order valence-electron chi connectivity index (χ4n) is 1.22. The number of hydrogen-bond donors (Lipinski definition) is 4. The van der Waals surface area contributed by atoms with Crippen molar-refractivity contribution in [3.8, 4) is 17.2 Å². The molecular formula is C9H8O5. The number of phenolic OH excluding ortho intramolecular Hbond substituents is 2. The maximum absolute atomic E-state index is 9.35. The lowest BCUT2D eigenvalue weighted by atomic mass is 10.1. The zero-order valence-electron chi connectivity index (χ0n) is 7.01. The Morgan fingerprint density at radius 2 is 1.86 bits per heavy atom. The highest BCUT2D eigenvalue weighted by Gasteiger charge is 2.23. The van der Waals surface area contributed by atoms with Crippen molar-refractivity contribution in [1.29, 1.82) is 0 Å². The smallest absolute Gasteiger partial charge is 0.256 e. The number of rotatable bonds is 0. The number of aliphatic hydroxyl groups excluding tert-OH is 2. The van der Waals surface area contributed by atoms with E-state index in [1.54, 1.807) is 0 Å². The van der Waals surface area contributed by atoms with Gasteiger partial charge in [-0.05, 0) is 18.2 Å². The Balaban J connectivity index is 2.60. The lowest BCUT2D eigenvalue weighted by Gasteiger charge is -2.20. The molecule has 0 bridgehead atoms. The molecule has 14 heavy (non-hydrogen) atoms. The fourth-order valence-corrected chi connectivity index (χ4v) is 1.22. The van der Waals surface area contributed by atoms with Crippen LogP contribution in [0.15, 0.2) is 17.9 Å². The van der Waals surface area contributed by atoms with Crippen LogP contribution in [-0.4, -0.2) is 26.7 Å². The first-order valence-corrected chi connectivity index (χ1v) is 3.90. The summed E-state index contributed by atoms with van der Waals surface area (Å²) < 4.78 is 4.78. The highest BCUT2D eigenvalue weighted by atomic mass is 16.6. The van der Waals surface area contributed by atoms with E-state index in [4.69, 9.17) is 20.1 Å².